The third-order valence-corrected chi connectivity index (χ3v) is 6.29. The van der Waals surface area contributed by atoms with E-state index in [1.54, 1.807) is 5.56 Å². The third-order valence-electron chi connectivity index (χ3n) is 5.80. The lowest BCUT2D eigenvalue weighted by molar-refractivity contribution is -0.00546. The van der Waals surface area contributed by atoms with Gasteiger partial charge in [-0.2, -0.15) is 0 Å². The van der Waals surface area contributed by atoms with Crippen LogP contribution in [0.5, 0.6) is 0 Å². The molecule has 4 aliphatic rings. The Kier molecular flexibility index (Phi) is 2.46. The average molecular weight is 305 g/mol. The Hall–Kier alpha value is -0.300. The normalized spacial score (nSPS) is 41.3. The fraction of sp³-hybridized carbons (Fsp3) is 0.647. The van der Waals surface area contributed by atoms with E-state index in [2.05, 4.69) is 41.1 Å². The van der Waals surface area contributed by atoms with Crippen molar-refractivity contribution in [3.63, 3.8) is 0 Å². The Labute approximate surface area is 118 Å². The van der Waals surface area contributed by atoms with Crippen molar-refractivity contribution in [2.45, 2.75) is 50.9 Å². The fourth-order valence-corrected chi connectivity index (χ4v) is 6.14. The predicted molar refractivity (Wildman–Crippen MR) is 78.7 cm³/mol. The SMILES string of the molecule is Cc1cc(Br)ccc1C12CC3CC(CC(C3)C1)C2. The molecule has 1 heteroatoms. The first kappa shape index (κ1) is 11.5. The van der Waals surface area contributed by atoms with Gasteiger partial charge in [0.2, 0.25) is 0 Å². The molecule has 0 saturated heterocycles. The molecule has 1 aromatic rings. The van der Waals surface area contributed by atoms with E-state index < -0.39 is 0 Å². The molecule has 0 amide bonds. The van der Waals surface area contributed by atoms with Gasteiger partial charge in [-0.1, -0.05) is 22.0 Å². The minimum absolute atomic E-state index is 0.555. The molecule has 96 valence electrons. The lowest BCUT2D eigenvalue weighted by Gasteiger charge is -2.57. The summed E-state index contributed by atoms with van der Waals surface area (Å²) in [5.41, 5.74) is 3.73. The van der Waals surface area contributed by atoms with Crippen molar-refractivity contribution in [1.29, 1.82) is 0 Å². The molecule has 0 unspecified atom stereocenters. The third kappa shape index (κ3) is 1.62. The number of hydrogen-bond acceptors (Lipinski definition) is 0. The van der Waals surface area contributed by atoms with E-state index >= 15 is 0 Å². The highest BCUT2D eigenvalue weighted by molar-refractivity contribution is 9.10. The molecule has 4 bridgehead atoms. The number of halogens is 1. The highest BCUT2D eigenvalue weighted by Crippen LogP contribution is 2.61. The van der Waals surface area contributed by atoms with Crippen molar-refractivity contribution < 1.29 is 0 Å². The summed E-state index contributed by atoms with van der Waals surface area (Å²) in [5, 5.41) is 0. The van der Waals surface area contributed by atoms with Crippen LogP contribution in [0.15, 0.2) is 22.7 Å². The minimum atomic E-state index is 0.555. The predicted octanol–water partition coefficient (Wildman–Crippen LogP) is 5.23. The maximum absolute atomic E-state index is 3.61. The zero-order chi connectivity index (χ0) is 12.3. The Balaban J connectivity index is 1.79. The van der Waals surface area contributed by atoms with Gasteiger partial charge < -0.3 is 0 Å². The van der Waals surface area contributed by atoms with Crippen LogP contribution >= 0.6 is 15.9 Å². The minimum Gasteiger partial charge on any atom is -0.0571 e. The van der Waals surface area contributed by atoms with Crippen LogP contribution in [0.25, 0.3) is 0 Å². The van der Waals surface area contributed by atoms with Crippen molar-refractivity contribution in [3.05, 3.63) is 33.8 Å². The second-order valence-corrected chi connectivity index (χ2v) is 8.07. The standard InChI is InChI=1S/C17H21Br/c1-11-4-15(18)2-3-16(11)17-8-12-5-13(9-17)7-14(6-12)10-17/h2-4,12-14H,5-10H2,1H3. The average Bonchev–Trinajstić information content (AvgIpc) is 2.26. The molecule has 0 heterocycles. The van der Waals surface area contributed by atoms with Crippen LogP contribution in [0.1, 0.15) is 49.7 Å². The van der Waals surface area contributed by atoms with Gasteiger partial charge in [-0.05, 0) is 91.9 Å². The summed E-state index contributed by atoms with van der Waals surface area (Å²) < 4.78 is 1.23. The van der Waals surface area contributed by atoms with Gasteiger partial charge in [-0.25, -0.2) is 0 Å². The number of benzene rings is 1. The molecule has 0 atom stereocenters. The summed E-state index contributed by atoms with van der Waals surface area (Å²) in [5.74, 6) is 3.12. The van der Waals surface area contributed by atoms with E-state index in [1.807, 2.05) is 0 Å². The Morgan fingerprint density at radius 3 is 2.06 bits per heavy atom. The van der Waals surface area contributed by atoms with E-state index in [1.165, 1.54) is 48.6 Å². The number of hydrogen-bond donors (Lipinski definition) is 0. The molecule has 0 N–H and O–H groups in total. The molecule has 0 nitrogen and oxygen atoms in total. The van der Waals surface area contributed by atoms with Crippen molar-refractivity contribution in [3.8, 4) is 0 Å². The van der Waals surface area contributed by atoms with Crippen molar-refractivity contribution in [2.24, 2.45) is 17.8 Å². The van der Waals surface area contributed by atoms with Crippen molar-refractivity contribution >= 4 is 15.9 Å². The lowest BCUT2D eigenvalue weighted by Crippen LogP contribution is -2.48. The summed E-state index contributed by atoms with van der Waals surface area (Å²) in [6.45, 7) is 2.30. The maximum atomic E-state index is 3.61. The van der Waals surface area contributed by atoms with E-state index in [0.29, 0.717) is 5.41 Å². The Morgan fingerprint density at radius 1 is 1.00 bits per heavy atom. The number of rotatable bonds is 1. The molecule has 0 radical (unpaired) electrons. The molecule has 4 fully saturated rings. The highest BCUT2D eigenvalue weighted by atomic mass is 79.9. The first-order valence-electron chi connectivity index (χ1n) is 7.41. The monoisotopic (exact) mass is 304 g/mol. The number of aryl methyl sites for hydroxylation is 1. The lowest BCUT2D eigenvalue weighted by atomic mass is 9.47. The van der Waals surface area contributed by atoms with Gasteiger partial charge in [-0.15, -0.1) is 0 Å². The summed E-state index contributed by atoms with van der Waals surface area (Å²) >= 11 is 3.61. The molecule has 0 aromatic heterocycles. The summed E-state index contributed by atoms with van der Waals surface area (Å²) in [6.07, 6.45) is 9.03. The molecule has 18 heavy (non-hydrogen) atoms. The molecule has 4 saturated carbocycles. The molecule has 0 spiro atoms. The van der Waals surface area contributed by atoms with Crippen LogP contribution in [0.4, 0.5) is 0 Å². The van der Waals surface area contributed by atoms with E-state index in [4.69, 9.17) is 0 Å². The van der Waals surface area contributed by atoms with E-state index in [0.717, 1.165) is 17.8 Å². The molecular weight excluding hydrogens is 284 g/mol. The Bertz CT molecular complexity index is 453. The van der Waals surface area contributed by atoms with Gasteiger partial charge in [0.05, 0.1) is 0 Å². The second-order valence-electron chi connectivity index (χ2n) is 7.16. The topological polar surface area (TPSA) is 0 Å². The molecule has 1 aromatic carbocycles. The Morgan fingerprint density at radius 2 is 1.56 bits per heavy atom. The smallest absolute Gasteiger partial charge is 0.0178 e. The van der Waals surface area contributed by atoms with Gasteiger partial charge in [-0.3, -0.25) is 0 Å². The van der Waals surface area contributed by atoms with E-state index in [-0.39, 0.29) is 0 Å². The quantitative estimate of drug-likeness (QED) is 0.667. The van der Waals surface area contributed by atoms with Crippen molar-refractivity contribution in [1.82, 2.24) is 0 Å². The molecular formula is C17H21Br. The molecule has 5 rings (SSSR count). The summed E-state index contributed by atoms with van der Waals surface area (Å²) in [7, 11) is 0. The van der Waals surface area contributed by atoms with Crippen LogP contribution < -0.4 is 0 Å². The van der Waals surface area contributed by atoms with Crippen LogP contribution in [-0.2, 0) is 5.41 Å². The maximum Gasteiger partial charge on any atom is 0.0178 e. The van der Waals surface area contributed by atoms with Gasteiger partial charge in [0.15, 0.2) is 0 Å². The summed E-state index contributed by atoms with van der Waals surface area (Å²) in [6, 6.07) is 6.97. The first-order valence-corrected chi connectivity index (χ1v) is 8.20. The van der Waals surface area contributed by atoms with Crippen LogP contribution in [0.3, 0.4) is 0 Å². The van der Waals surface area contributed by atoms with Gasteiger partial charge >= 0.3 is 0 Å². The molecule has 4 aliphatic carbocycles. The van der Waals surface area contributed by atoms with Gasteiger partial charge in [0, 0.05) is 4.47 Å². The zero-order valence-corrected chi connectivity index (χ0v) is 12.7. The van der Waals surface area contributed by atoms with Gasteiger partial charge in [0.1, 0.15) is 0 Å². The second kappa shape index (κ2) is 3.85. The van der Waals surface area contributed by atoms with Crippen molar-refractivity contribution in [2.75, 3.05) is 0 Å². The largest absolute Gasteiger partial charge is 0.0571 e. The van der Waals surface area contributed by atoms with Crippen LogP contribution in [-0.4, -0.2) is 0 Å². The molecule has 0 aliphatic heterocycles. The highest BCUT2D eigenvalue weighted by Gasteiger charge is 2.51. The van der Waals surface area contributed by atoms with Crippen LogP contribution in [0, 0.1) is 24.7 Å². The zero-order valence-electron chi connectivity index (χ0n) is 11.1. The van der Waals surface area contributed by atoms with E-state index in [9.17, 15) is 0 Å². The fourth-order valence-electron chi connectivity index (χ4n) is 5.66. The van der Waals surface area contributed by atoms with Gasteiger partial charge in [0.25, 0.3) is 0 Å². The van der Waals surface area contributed by atoms with Crippen LogP contribution in [0.2, 0.25) is 0 Å². The first-order chi connectivity index (χ1) is 8.64. The summed E-state index contributed by atoms with van der Waals surface area (Å²) in [4.78, 5) is 0.